The van der Waals surface area contributed by atoms with E-state index in [4.69, 9.17) is 16.7 Å². The summed E-state index contributed by atoms with van der Waals surface area (Å²) >= 11 is 5.47. The summed E-state index contributed by atoms with van der Waals surface area (Å²) in [6.07, 6.45) is 0.297. The first-order valence-corrected chi connectivity index (χ1v) is 7.80. The normalized spacial score (nSPS) is 14.7. The maximum atomic E-state index is 13.5. The van der Waals surface area contributed by atoms with Crippen LogP contribution in [-0.2, 0) is 10.0 Å². The second-order valence-corrected chi connectivity index (χ2v) is 6.89. The molecule has 1 aromatic carbocycles. The van der Waals surface area contributed by atoms with Crippen molar-refractivity contribution in [2.24, 2.45) is 0 Å². The zero-order valence-corrected chi connectivity index (χ0v) is 12.9. The molecule has 0 aromatic heterocycles. The number of hydrogen-bond acceptors (Lipinski definition) is 4. The number of carboxylic acids is 1. The van der Waals surface area contributed by atoms with E-state index in [0.717, 1.165) is 6.07 Å². The first-order chi connectivity index (χ1) is 9.50. The van der Waals surface area contributed by atoms with E-state index in [1.807, 2.05) is 0 Å². The molecule has 1 aromatic rings. The molecule has 9 heteroatoms. The van der Waals surface area contributed by atoms with E-state index in [0.29, 0.717) is 12.5 Å². The zero-order valence-electron chi connectivity index (χ0n) is 11.4. The predicted octanol–water partition coefficient (Wildman–Crippen LogP) is 1.62. The lowest BCUT2D eigenvalue weighted by molar-refractivity contribution is 0.0613. The standard InChI is InChI=1S/C12H15ClFNO5S/c1-3-12(2,18)6-15-21(19,20)7-4-8(11(16)17)10(13)9(14)5-7/h4-5,15,18H,3,6H2,1-2H3,(H,16,17). The van der Waals surface area contributed by atoms with Gasteiger partial charge in [0.2, 0.25) is 10.0 Å². The van der Waals surface area contributed by atoms with Crippen LogP contribution >= 0.6 is 11.6 Å². The van der Waals surface area contributed by atoms with Gasteiger partial charge in [-0.2, -0.15) is 0 Å². The van der Waals surface area contributed by atoms with Crippen LogP contribution in [0.2, 0.25) is 5.02 Å². The molecule has 1 atom stereocenters. The molecule has 0 aliphatic heterocycles. The lowest BCUT2D eigenvalue weighted by Crippen LogP contribution is -2.40. The quantitative estimate of drug-likeness (QED) is 0.730. The molecule has 0 spiro atoms. The van der Waals surface area contributed by atoms with Crippen molar-refractivity contribution in [3.05, 3.63) is 28.5 Å². The van der Waals surface area contributed by atoms with Gasteiger partial charge in [-0.1, -0.05) is 18.5 Å². The molecule has 6 nitrogen and oxygen atoms in total. The summed E-state index contributed by atoms with van der Waals surface area (Å²) in [5.74, 6) is -2.70. The van der Waals surface area contributed by atoms with Crippen LogP contribution in [0.5, 0.6) is 0 Å². The number of carboxylic acid groups (broad SMARTS) is 1. The summed E-state index contributed by atoms with van der Waals surface area (Å²) in [6.45, 7) is 2.80. The number of benzene rings is 1. The number of carbonyl (C=O) groups is 1. The number of rotatable bonds is 6. The van der Waals surface area contributed by atoms with E-state index in [9.17, 15) is 22.7 Å². The Morgan fingerprint density at radius 2 is 2.05 bits per heavy atom. The minimum absolute atomic E-state index is 0.293. The Morgan fingerprint density at radius 3 is 2.52 bits per heavy atom. The molecule has 0 amide bonds. The highest BCUT2D eigenvalue weighted by atomic mass is 35.5. The molecule has 0 saturated carbocycles. The van der Waals surface area contributed by atoms with Crippen molar-refractivity contribution in [3.8, 4) is 0 Å². The van der Waals surface area contributed by atoms with Crippen LogP contribution < -0.4 is 4.72 Å². The van der Waals surface area contributed by atoms with E-state index in [2.05, 4.69) is 4.72 Å². The Hall–Kier alpha value is -1.22. The smallest absolute Gasteiger partial charge is 0.337 e. The molecule has 0 saturated heterocycles. The highest BCUT2D eigenvalue weighted by Crippen LogP contribution is 2.24. The Morgan fingerprint density at radius 1 is 1.48 bits per heavy atom. The molecule has 21 heavy (non-hydrogen) atoms. The Kier molecular flexibility index (Phi) is 5.32. The van der Waals surface area contributed by atoms with Gasteiger partial charge in [0.25, 0.3) is 0 Å². The fourth-order valence-corrected chi connectivity index (χ4v) is 2.72. The average Bonchev–Trinajstić information content (AvgIpc) is 2.39. The summed E-state index contributed by atoms with van der Waals surface area (Å²) in [6, 6.07) is 1.38. The monoisotopic (exact) mass is 339 g/mol. The van der Waals surface area contributed by atoms with Gasteiger partial charge in [0, 0.05) is 6.54 Å². The van der Waals surface area contributed by atoms with E-state index in [1.165, 1.54) is 6.92 Å². The molecular formula is C12H15ClFNO5S. The second kappa shape index (κ2) is 6.27. The van der Waals surface area contributed by atoms with Gasteiger partial charge in [0.1, 0.15) is 5.82 Å². The van der Waals surface area contributed by atoms with Crippen molar-refractivity contribution in [2.45, 2.75) is 30.8 Å². The number of sulfonamides is 1. The van der Waals surface area contributed by atoms with E-state index in [1.54, 1.807) is 6.92 Å². The van der Waals surface area contributed by atoms with Crippen molar-refractivity contribution in [1.29, 1.82) is 0 Å². The van der Waals surface area contributed by atoms with Crippen molar-refractivity contribution >= 4 is 27.6 Å². The van der Waals surface area contributed by atoms with Gasteiger partial charge in [-0.3, -0.25) is 0 Å². The van der Waals surface area contributed by atoms with E-state index < -0.39 is 42.9 Å². The van der Waals surface area contributed by atoms with Crippen LogP contribution in [0, 0.1) is 5.82 Å². The van der Waals surface area contributed by atoms with Crippen LogP contribution in [0.15, 0.2) is 17.0 Å². The molecule has 118 valence electrons. The number of nitrogens with one attached hydrogen (secondary N) is 1. The van der Waals surface area contributed by atoms with E-state index >= 15 is 0 Å². The minimum Gasteiger partial charge on any atom is -0.478 e. The lowest BCUT2D eigenvalue weighted by Gasteiger charge is -2.21. The SMILES string of the molecule is CCC(C)(O)CNS(=O)(=O)c1cc(F)c(Cl)c(C(=O)O)c1. The number of aliphatic hydroxyl groups is 1. The third-order valence-electron chi connectivity index (χ3n) is 2.95. The Labute approximate surface area is 126 Å². The van der Waals surface area contributed by atoms with Crippen LogP contribution in [-0.4, -0.2) is 36.7 Å². The third kappa shape index (κ3) is 4.37. The van der Waals surface area contributed by atoms with Gasteiger partial charge >= 0.3 is 5.97 Å². The van der Waals surface area contributed by atoms with Gasteiger partial charge in [-0.25, -0.2) is 22.3 Å². The van der Waals surface area contributed by atoms with Gasteiger partial charge in [0.15, 0.2) is 0 Å². The zero-order chi connectivity index (χ0) is 16.4. The predicted molar refractivity (Wildman–Crippen MR) is 74.5 cm³/mol. The Bertz CT molecular complexity index is 660. The molecule has 3 N–H and O–H groups in total. The molecule has 1 unspecified atom stereocenters. The van der Waals surface area contributed by atoms with E-state index in [-0.39, 0.29) is 6.54 Å². The molecule has 1 rings (SSSR count). The summed E-state index contributed by atoms with van der Waals surface area (Å²) < 4.78 is 39.6. The maximum Gasteiger partial charge on any atom is 0.337 e. The summed E-state index contributed by atoms with van der Waals surface area (Å²) in [4.78, 5) is 10.3. The van der Waals surface area contributed by atoms with Crippen LogP contribution in [0.3, 0.4) is 0 Å². The van der Waals surface area contributed by atoms with Crippen molar-refractivity contribution in [3.63, 3.8) is 0 Å². The molecule has 0 fully saturated rings. The largest absolute Gasteiger partial charge is 0.478 e. The highest BCUT2D eigenvalue weighted by molar-refractivity contribution is 7.89. The molecule has 0 radical (unpaired) electrons. The van der Waals surface area contributed by atoms with Gasteiger partial charge in [-0.05, 0) is 25.5 Å². The number of halogens is 2. The number of hydrogen-bond donors (Lipinski definition) is 3. The molecule has 0 aliphatic rings. The highest BCUT2D eigenvalue weighted by Gasteiger charge is 2.25. The average molecular weight is 340 g/mol. The fraction of sp³-hybridized carbons (Fsp3) is 0.417. The van der Waals surface area contributed by atoms with Crippen LogP contribution in [0.1, 0.15) is 30.6 Å². The topological polar surface area (TPSA) is 104 Å². The molecule has 0 bridgehead atoms. The summed E-state index contributed by atoms with van der Waals surface area (Å²) in [7, 11) is -4.17. The first kappa shape index (κ1) is 17.8. The first-order valence-electron chi connectivity index (χ1n) is 5.94. The van der Waals surface area contributed by atoms with Crippen molar-refractivity contribution < 1.29 is 27.8 Å². The van der Waals surface area contributed by atoms with Crippen molar-refractivity contribution in [2.75, 3.05) is 6.54 Å². The van der Waals surface area contributed by atoms with Crippen molar-refractivity contribution in [1.82, 2.24) is 4.72 Å². The summed E-state index contributed by atoms with van der Waals surface area (Å²) in [5.41, 5.74) is -1.92. The Balaban J connectivity index is 3.18. The van der Waals surface area contributed by atoms with Gasteiger partial charge in [0.05, 0.1) is 21.1 Å². The number of aromatic carboxylic acids is 1. The molecule has 0 aliphatic carbocycles. The maximum absolute atomic E-state index is 13.5. The fourth-order valence-electron chi connectivity index (χ4n) is 1.33. The molecular weight excluding hydrogens is 325 g/mol. The van der Waals surface area contributed by atoms with Crippen LogP contribution in [0.4, 0.5) is 4.39 Å². The lowest BCUT2D eigenvalue weighted by atomic mass is 10.1. The minimum atomic E-state index is -4.17. The van der Waals surface area contributed by atoms with Gasteiger partial charge in [-0.15, -0.1) is 0 Å². The third-order valence-corrected chi connectivity index (χ3v) is 4.71. The van der Waals surface area contributed by atoms with Crippen LogP contribution in [0.25, 0.3) is 0 Å². The van der Waals surface area contributed by atoms with Gasteiger partial charge < -0.3 is 10.2 Å². The molecule has 0 heterocycles. The summed E-state index contributed by atoms with van der Waals surface area (Å²) in [5, 5.41) is 18.0. The second-order valence-electron chi connectivity index (χ2n) is 4.75.